The number of hydrazine groups is 1. The molecule has 0 spiro atoms. The molecular formula is C20H29FN4O2. The van der Waals surface area contributed by atoms with Gasteiger partial charge in [0.2, 0.25) is 0 Å². The van der Waals surface area contributed by atoms with Crippen molar-refractivity contribution in [2.75, 3.05) is 30.0 Å². The fraction of sp³-hybridized carbons (Fsp3) is 0.550. The maximum Gasteiger partial charge on any atom is 0.343 e. The minimum absolute atomic E-state index is 0.152. The molecule has 27 heavy (non-hydrogen) atoms. The predicted molar refractivity (Wildman–Crippen MR) is 106 cm³/mol. The lowest BCUT2D eigenvalue weighted by Crippen LogP contribution is -2.51. The van der Waals surface area contributed by atoms with Gasteiger partial charge in [-0.3, -0.25) is 4.90 Å². The number of rotatable bonds is 2. The van der Waals surface area contributed by atoms with Gasteiger partial charge in [0.05, 0.1) is 17.1 Å². The van der Waals surface area contributed by atoms with E-state index in [2.05, 4.69) is 25.3 Å². The lowest BCUT2D eigenvalue weighted by molar-refractivity contribution is 0.223. The molecule has 6 nitrogen and oxygen atoms in total. The SMILES string of the molecule is C=C1c2cc(F)c(N3CC(C)C(C)C3)c(C)c2N(C2CC2)C(=O)N1N.CO. The number of nitrogens with two attached hydrogens (primary N) is 1. The number of fused-ring (bicyclic) bond motifs is 1. The van der Waals surface area contributed by atoms with Crippen LogP contribution < -0.4 is 15.6 Å². The Bertz CT molecular complexity index is 768. The van der Waals surface area contributed by atoms with Crippen LogP contribution in [0.25, 0.3) is 5.70 Å². The molecule has 7 heteroatoms. The second-order valence-corrected chi connectivity index (χ2v) is 7.79. The number of carbonyl (C=O) groups is 1. The Hall–Kier alpha value is -2.12. The molecule has 1 saturated heterocycles. The lowest BCUT2D eigenvalue weighted by atomic mass is 9.99. The highest BCUT2D eigenvalue weighted by Gasteiger charge is 2.43. The number of aliphatic hydroxyl groups excluding tert-OH is 1. The molecule has 1 aliphatic carbocycles. The Morgan fingerprint density at radius 1 is 1.19 bits per heavy atom. The number of benzene rings is 1. The van der Waals surface area contributed by atoms with Crippen molar-refractivity contribution in [2.24, 2.45) is 17.7 Å². The number of halogens is 1. The molecule has 2 amide bonds. The predicted octanol–water partition coefficient (Wildman–Crippen LogP) is 3.08. The number of amides is 2. The summed E-state index contributed by atoms with van der Waals surface area (Å²) < 4.78 is 15.0. The third-order valence-corrected chi connectivity index (χ3v) is 5.93. The molecule has 1 aromatic rings. The highest BCUT2D eigenvalue weighted by molar-refractivity contribution is 6.06. The van der Waals surface area contributed by atoms with Crippen molar-refractivity contribution in [3.63, 3.8) is 0 Å². The van der Waals surface area contributed by atoms with Gasteiger partial charge in [0.15, 0.2) is 0 Å². The number of anilines is 2. The summed E-state index contributed by atoms with van der Waals surface area (Å²) in [4.78, 5) is 16.6. The van der Waals surface area contributed by atoms with E-state index >= 15 is 4.39 Å². The maximum atomic E-state index is 15.0. The molecule has 2 atom stereocenters. The fourth-order valence-corrected chi connectivity index (χ4v) is 4.12. The van der Waals surface area contributed by atoms with Gasteiger partial charge in [0, 0.05) is 31.8 Å². The van der Waals surface area contributed by atoms with Crippen LogP contribution in [-0.2, 0) is 0 Å². The first-order valence-corrected chi connectivity index (χ1v) is 9.41. The van der Waals surface area contributed by atoms with E-state index in [9.17, 15) is 4.79 Å². The summed E-state index contributed by atoms with van der Waals surface area (Å²) in [5, 5.41) is 8.04. The van der Waals surface area contributed by atoms with Crippen molar-refractivity contribution < 1.29 is 14.3 Å². The van der Waals surface area contributed by atoms with E-state index in [0.29, 0.717) is 28.8 Å². The zero-order valence-corrected chi connectivity index (χ0v) is 16.5. The summed E-state index contributed by atoms with van der Waals surface area (Å²) in [6, 6.07) is 1.37. The normalized spacial score (nSPS) is 24.8. The summed E-state index contributed by atoms with van der Waals surface area (Å²) in [5.41, 5.74) is 3.18. The quantitative estimate of drug-likeness (QED) is 0.615. The van der Waals surface area contributed by atoms with Gasteiger partial charge in [-0.25, -0.2) is 20.0 Å². The first-order valence-electron chi connectivity index (χ1n) is 9.41. The third kappa shape index (κ3) is 3.08. The third-order valence-electron chi connectivity index (χ3n) is 5.93. The van der Waals surface area contributed by atoms with Crippen molar-refractivity contribution in [3.8, 4) is 0 Å². The summed E-state index contributed by atoms with van der Waals surface area (Å²) in [6.07, 6.45) is 1.91. The van der Waals surface area contributed by atoms with Crippen LogP contribution in [0.2, 0.25) is 0 Å². The van der Waals surface area contributed by atoms with Gasteiger partial charge in [0.25, 0.3) is 0 Å². The largest absolute Gasteiger partial charge is 0.400 e. The molecule has 3 N–H and O–H groups in total. The Morgan fingerprint density at radius 3 is 2.26 bits per heavy atom. The van der Waals surface area contributed by atoms with E-state index in [1.54, 1.807) is 4.90 Å². The minimum Gasteiger partial charge on any atom is -0.400 e. The topological polar surface area (TPSA) is 73.0 Å². The molecule has 3 aliphatic rings. The van der Waals surface area contributed by atoms with E-state index in [1.807, 2.05) is 6.92 Å². The van der Waals surface area contributed by atoms with Gasteiger partial charge < -0.3 is 10.0 Å². The molecule has 148 valence electrons. The first kappa shape index (κ1) is 19.6. The highest BCUT2D eigenvalue weighted by Crippen LogP contribution is 2.46. The van der Waals surface area contributed by atoms with E-state index < -0.39 is 0 Å². The molecule has 2 fully saturated rings. The van der Waals surface area contributed by atoms with Gasteiger partial charge >= 0.3 is 6.03 Å². The summed E-state index contributed by atoms with van der Waals surface area (Å²) in [5.74, 6) is 6.67. The number of urea groups is 1. The molecule has 4 rings (SSSR count). The molecule has 2 aliphatic heterocycles. The van der Waals surface area contributed by atoms with E-state index in [1.165, 1.54) is 6.07 Å². The average Bonchev–Trinajstić information content (AvgIpc) is 3.42. The fourth-order valence-electron chi connectivity index (χ4n) is 4.12. The standard InChI is InChI=1S/C19H25FN4O.CH4O/c1-10-8-22(9-11(10)2)18-12(3)17-15(7-16(18)20)13(4)24(21)19(25)23(17)14-5-6-14;1-2/h7,10-11,14H,4-6,8-9,21H2,1-3H3;2H,1H3. The van der Waals surface area contributed by atoms with Crippen LogP contribution in [0.3, 0.4) is 0 Å². The van der Waals surface area contributed by atoms with Crippen LogP contribution in [0, 0.1) is 24.6 Å². The second kappa shape index (κ2) is 7.13. The first-order chi connectivity index (χ1) is 12.8. The zero-order valence-electron chi connectivity index (χ0n) is 16.5. The van der Waals surface area contributed by atoms with E-state index in [0.717, 1.165) is 49.3 Å². The van der Waals surface area contributed by atoms with Gasteiger partial charge in [-0.15, -0.1) is 0 Å². The number of aliphatic hydroxyl groups is 1. The number of nitrogens with zero attached hydrogens (tertiary/aromatic N) is 3. The summed E-state index contributed by atoms with van der Waals surface area (Å²) >= 11 is 0. The van der Waals surface area contributed by atoms with Crippen molar-refractivity contribution in [2.45, 2.75) is 39.7 Å². The highest BCUT2D eigenvalue weighted by atomic mass is 19.1. The molecule has 1 saturated carbocycles. The van der Waals surface area contributed by atoms with Gasteiger partial charge in [-0.05, 0) is 43.2 Å². The van der Waals surface area contributed by atoms with Crippen LogP contribution in [0.15, 0.2) is 12.6 Å². The summed E-state index contributed by atoms with van der Waals surface area (Å²) in [6.45, 7) is 11.9. The average molecular weight is 376 g/mol. The van der Waals surface area contributed by atoms with Crippen molar-refractivity contribution in [1.82, 2.24) is 5.01 Å². The Kier molecular flexibility index (Phi) is 5.18. The number of hydrogen-bond donors (Lipinski definition) is 2. The van der Waals surface area contributed by atoms with E-state index in [-0.39, 0.29) is 17.9 Å². The lowest BCUT2D eigenvalue weighted by Gasteiger charge is -2.38. The Morgan fingerprint density at radius 2 is 1.74 bits per heavy atom. The van der Waals surface area contributed by atoms with Crippen LogP contribution >= 0.6 is 0 Å². The molecular weight excluding hydrogens is 347 g/mol. The molecule has 1 aromatic carbocycles. The Balaban J connectivity index is 0.00000102. The molecule has 2 unspecified atom stereocenters. The summed E-state index contributed by atoms with van der Waals surface area (Å²) in [7, 11) is 1.00. The van der Waals surface area contributed by atoms with Gasteiger partial charge in [-0.2, -0.15) is 0 Å². The smallest absolute Gasteiger partial charge is 0.343 e. The maximum absolute atomic E-state index is 15.0. The van der Waals surface area contributed by atoms with Crippen molar-refractivity contribution in [1.29, 1.82) is 0 Å². The van der Waals surface area contributed by atoms with Gasteiger partial charge in [-0.1, -0.05) is 20.4 Å². The second-order valence-electron chi connectivity index (χ2n) is 7.79. The van der Waals surface area contributed by atoms with E-state index in [4.69, 9.17) is 10.9 Å². The number of carbonyl (C=O) groups excluding carboxylic acids is 1. The molecule has 0 radical (unpaired) electrons. The van der Waals surface area contributed by atoms with Crippen LogP contribution in [0.4, 0.5) is 20.6 Å². The van der Waals surface area contributed by atoms with Crippen LogP contribution in [-0.4, -0.2) is 42.4 Å². The van der Waals surface area contributed by atoms with Crippen LogP contribution in [0.5, 0.6) is 0 Å². The number of hydrogen-bond acceptors (Lipinski definition) is 4. The monoisotopic (exact) mass is 376 g/mol. The van der Waals surface area contributed by atoms with Gasteiger partial charge in [0.1, 0.15) is 5.82 Å². The van der Waals surface area contributed by atoms with Crippen molar-refractivity contribution in [3.05, 3.63) is 29.6 Å². The molecule has 0 bridgehead atoms. The minimum atomic E-state index is -0.274. The van der Waals surface area contributed by atoms with Crippen LogP contribution in [0.1, 0.15) is 37.8 Å². The Labute approximate surface area is 160 Å². The molecule has 0 aromatic heterocycles. The zero-order chi connectivity index (χ0) is 20.0. The van der Waals surface area contributed by atoms with Crippen molar-refractivity contribution >= 4 is 23.1 Å². The molecule has 2 heterocycles.